The Hall–Kier alpha value is -1.52. The lowest BCUT2D eigenvalue weighted by atomic mass is 10.0. The first-order chi connectivity index (χ1) is 9.99. The van der Waals surface area contributed by atoms with E-state index < -0.39 is 6.10 Å². The van der Waals surface area contributed by atoms with E-state index in [2.05, 4.69) is 4.98 Å². The normalized spacial score (nSPS) is 12.4. The monoisotopic (exact) mass is 303 g/mol. The van der Waals surface area contributed by atoms with E-state index in [1.54, 1.807) is 11.3 Å². The quantitative estimate of drug-likeness (QED) is 0.760. The SMILES string of the molecule is Cc1ccc(C(=O)C(C)OCCc2scnc2C)cc1C. The minimum absolute atomic E-state index is 0.0409. The zero-order chi connectivity index (χ0) is 15.4. The molecule has 0 fully saturated rings. The summed E-state index contributed by atoms with van der Waals surface area (Å²) in [5.41, 5.74) is 5.94. The fraction of sp³-hybridized carbons (Fsp3) is 0.412. The first-order valence-corrected chi connectivity index (χ1v) is 7.99. The molecule has 0 aliphatic carbocycles. The number of benzene rings is 1. The summed E-state index contributed by atoms with van der Waals surface area (Å²) in [5.74, 6) is 0.0409. The number of ketones is 1. The highest BCUT2D eigenvalue weighted by Crippen LogP contribution is 2.15. The van der Waals surface area contributed by atoms with Crippen molar-refractivity contribution in [2.75, 3.05) is 6.61 Å². The molecular weight excluding hydrogens is 282 g/mol. The minimum Gasteiger partial charge on any atom is -0.370 e. The highest BCUT2D eigenvalue weighted by atomic mass is 32.1. The summed E-state index contributed by atoms with van der Waals surface area (Å²) in [4.78, 5) is 17.8. The van der Waals surface area contributed by atoms with Gasteiger partial charge in [0.15, 0.2) is 5.78 Å². The number of hydrogen-bond donors (Lipinski definition) is 0. The summed E-state index contributed by atoms with van der Waals surface area (Å²) < 4.78 is 5.69. The number of carbonyl (C=O) groups excluding carboxylic acids is 1. The number of hydrogen-bond acceptors (Lipinski definition) is 4. The van der Waals surface area contributed by atoms with Crippen molar-refractivity contribution in [1.29, 1.82) is 0 Å². The summed E-state index contributed by atoms with van der Waals surface area (Å²) in [5, 5.41) is 0. The second-order valence-electron chi connectivity index (χ2n) is 5.29. The molecule has 0 aliphatic rings. The van der Waals surface area contributed by atoms with E-state index >= 15 is 0 Å². The topological polar surface area (TPSA) is 39.2 Å². The van der Waals surface area contributed by atoms with Crippen molar-refractivity contribution >= 4 is 17.1 Å². The van der Waals surface area contributed by atoms with E-state index in [9.17, 15) is 4.79 Å². The molecule has 2 aromatic rings. The predicted molar refractivity (Wildman–Crippen MR) is 86.2 cm³/mol. The zero-order valence-electron chi connectivity index (χ0n) is 13.0. The molecule has 0 radical (unpaired) electrons. The molecule has 1 atom stereocenters. The maximum Gasteiger partial charge on any atom is 0.191 e. The fourth-order valence-corrected chi connectivity index (χ4v) is 2.86. The van der Waals surface area contributed by atoms with Crippen molar-refractivity contribution < 1.29 is 9.53 Å². The highest BCUT2D eigenvalue weighted by Gasteiger charge is 2.16. The van der Waals surface area contributed by atoms with Gasteiger partial charge in [0.1, 0.15) is 6.10 Å². The molecule has 0 aliphatic heterocycles. The third kappa shape index (κ3) is 3.99. The van der Waals surface area contributed by atoms with Crippen molar-refractivity contribution in [3.8, 4) is 0 Å². The predicted octanol–water partition coefficient (Wildman–Crippen LogP) is 3.90. The highest BCUT2D eigenvalue weighted by molar-refractivity contribution is 7.09. The molecule has 1 unspecified atom stereocenters. The van der Waals surface area contributed by atoms with Gasteiger partial charge in [-0.05, 0) is 44.9 Å². The smallest absolute Gasteiger partial charge is 0.191 e. The summed E-state index contributed by atoms with van der Waals surface area (Å²) in [6.45, 7) is 8.42. The van der Waals surface area contributed by atoms with Gasteiger partial charge in [0.2, 0.25) is 0 Å². The van der Waals surface area contributed by atoms with Crippen molar-refractivity contribution in [2.24, 2.45) is 0 Å². The molecule has 1 aromatic heterocycles. The first-order valence-electron chi connectivity index (χ1n) is 7.11. The molecule has 0 spiro atoms. The number of rotatable bonds is 6. The van der Waals surface area contributed by atoms with Crippen LogP contribution in [0.1, 0.15) is 39.0 Å². The van der Waals surface area contributed by atoms with Crippen LogP contribution in [0.4, 0.5) is 0 Å². The maximum absolute atomic E-state index is 12.3. The van der Waals surface area contributed by atoms with Gasteiger partial charge in [0, 0.05) is 16.9 Å². The lowest BCUT2D eigenvalue weighted by molar-refractivity contribution is 0.0488. The molecule has 0 saturated carbocycles. The van der Waals surface area contributed by atoms with E-state index in [0.717, 1.165) is 23.2 Å². The number of aromatic nitrogens is 1. The number of carbonyl (C=O) groups is 1. The molecular formula is C17H21NO2S. The summed E-state index contributed by atoms with van der Waals surface area (Å²) >= 11 is 1.63. The van der Waals surface area contributed by atoms with Gasteiger partial charge in [-0.2, -0.15) is 0 Å². The Balaban J connectivity index is 1.90. The lowest BCUT2D eigenvalue weighted by Gasteiger charge is -2.13. The minimum atomic E-state index is -0.416. The number of aryl methyl sites for hydroxylation is 3. The lowest BCUT2D eigenvalue weighted by Crippen LogP contribution is -2.22. The van der Waals surface area contributed by atoms with Gasteiger partial charge in [-0.3, -0.25) is 4.79 Å². The molecule has 21 heavy (non-hydrogen) atoms. The van der Waals surface area contributed by atoms with Gasteiger partial charge in [-0.15, -0.1) is 11.3 Å². The number of nitrogens with zero attached hydrogens (tertiary/aromatic N) is 1. The van der Waals surface area contributed by atoms with Crippen LogP contribution in [0.5, 0.6) is 0 Å². The largest absolute Gasteiger partial charge is 0.370 e. The Bertz CT molecular complexity index is 633. The Labute approximate surface area is 130 Å². The average Bonchev–Trinajstić information content (AvgIpc) is 2.86. The Morgan fingerprint density at radius 1 is 1.29 bits per heavy atom. The third-order valence-corrected chi connectivity index (χ3v) is 4.70. The number of ether oxygens (including phenoxy) is 1. The standard InChI is InChI=1S/C17H21NO2S/c1-11-5-6-15(9-12(11)2)17(19)14(4)20-8-7-16-13(3)18-10-21-16/h5-6,9-10,14H,7-8H2,1-4H3. The van der Waals surface area contributed by atoms with Crippen LogP contribution in [-0.4, -0.2) is 23.5 Å². The van der Waals surface area contributed by atoms with Crippen molar-refractivity contribution in [1.82, 2.24) is 4.98 Å². The van der Waals surface area contributed by atoms with Gasteiger partial charge in [-0.1, -0.05) is 12.1 Å². The Morgan fingerprint density at radius 2 is 2.05 bits per heavy atom. The molecule has 112 valence electrons. The van der Waals surface area contributed by atoms with E-state index in [1.165, 1.54) is 10.4 Å². The summed E-state index contributed by atoms with van der Waals surface area (Å²) in [7, 11) is 0. The van der Waals surface area contributed by atoms with E-state index in [-0.39, 0.29) is 5.78 Å². The Morgan fingerprint density at radius 3 is 2.67 bits per heavy atom. The van der Waals surface area contributed by atoms with Crippen molar-refractivity contribution in [3.05, 3.63) is 51.0 Å². The van der Waals surface area contributed by atoms with Gasteiger partial charge in [-0.25, -0.2) is 4.98 Å². The van der Waals surface area contributed by atoms with Crippen LogP contribution in [-0.2, 0) is 11.2 Å². The van der Waals surface area contributed by atoms with Crippen LogP contribution >= 0.6 is 11.3 Å². The number of Topliss-reactive ketones (excluding diaryl/α,β-unsaturated/α-hetero) is 1. The maximum atomic E-state index is 12.3. The van der Waals surface area contributed by atoms with Crippen LogP contribution in [0.2, 0.25) is 0 Å². The second-order valence-corrected chi connectivity index (χ2v) is 6.23. The molecule has 0 amide bonds. The molecule has 1 heterocycles. The fourth-order valence-electron chi connectivity index (χ4n) is 2.10. The third-order valence-electron chi connectivity index (χ3n) is 3.70. The molecule has 0 saturated heterocycles. The molecule has 2 rings (SSSR count). The van der Waals surface area contributed by atoms with Crippen LogP contribution in [0, 0.1) is 20.8 Å². The van der Waals surface area contributed by atoms with E-state index in [4.69, 9.17) is 4.74 Å². The first kappa shape index (κ1) is 15.9. The van der Waals surface area contributed by atoms with Gasteiger partial charge in [0.25, 0.3) is 0 Å². The zero-order valence-corrected chi connectivity index (χ0v) is 13.8. The molecule has 3 nitrogen and oxygen atoms in total. The van der Waals surface area contributed by atoms with Crippen LogP contribution in [0.25, 0.3) is 0 Å². The Kier molecular flexibility index (Phi) is 5.26. The van der Waals surface area contributed by atoms with E-state index in [0.29, 0.717) is 6.61 Å². The summed E-state index contributed by atoms with van der Waals surface area (Å²) in [6.07, 6.45) is 0.390. The molecule has 4 heteroatoms. The van der Waals surface area contributed by atoms with Crippen molar-refractivity contribution in [2.45, 2.75) is 40.2 Å². The van der Waals surface area contributed by atoms with Crippen LogP contribution in [0.15, 0.2) is 23.7 Å². The van der Waals surface area contributed by atoms with Crippen LogP contribution in [0.3, 0.4) is 0 Å². The molecule has 1 aromatic carbocycles. The average molecular weight is 303 g/mol. The van der Waals surface area contributed by atoms with Crippen LogP contribution < -0.4 is 0 Å². The van der Waals surface area contributed by atoms with Gasteiger partial charge < -0.3 is 4.74 Å². The number of thiazole rings is 1. The molecule has 0 N–H and O–H groups in total. The second kappa shape index (κ2) is 6.96. The van der Waals surface area contributed by atoms with Gasteiger partial charge in [0.05, 0.1) is 17.8 Å². The molecule has 0 bridgehead atoms. The summed E-state index contributed by atoms with van der Waals surface area (Å²) in [6, 6.07) is 5.79. The van der Waals surface area contributed by atoms with E-state index in [1.807, 2.05) is 51.4 Å². The van der Waals surface area contributed by atoms with Gasteiger partial charge >= 0.3 is 0 Å². The van der Waals surface area contributed by atoms with Crippen molar-refractivity contribution in [3.63, 3.8) is 0 Å².